The van der Waals surface area contributed by atoms with Crippen LogP contribution in [0.5, 0.6) is 0 Å². The number of thioether (sulfide) groups is 1. The zero-order valence-corrected chi connectivity index (χ0v) is 31.0. The molecule has 0 saturated heterocycles. The van der Waals surface area contributed by atoms with Gasteiger partial charge in [-0.15, -0.1) is 23.1 Å². The average Bonchev–Trinajstić information content (AvgIpc) is 3.50. The number of hydrogen-bond donors (Lipinski definition) is 8. The minimum Gasteiger partial charge on any atom is -0.481 e. The Bertz CT molecular complexity index is 2010. The lowest BCUT2D eigenvalue weighted by molar-refractivity contribution is -0.193. The number of nitrogens with one attached hydrogen (secondary N) is 2. The summed E-state index contributed by atoms with van der Waals surface area (Å²) in [5.41, 5.74) is 19.4. The van der Waals surface area contributed by atoms with Crippen LogP contribution in [0.3, 0.4) is 0 Å². The van der Waals surface area contributed by atoms with Gasteiger partial charge < -0.3 is 37.8 Å². The van der Waals surface area contributed by atoms with Crippen LogP contribution in [0.4, 0.5) is 37.7 Å². The summed E-state index contributed by atoms with van der Waals surface area (Å²) in [5, 5.41) is 33.7. The van der Waals surface area contributed by atoms with Gasteiger partial charge in [-0.3, -0.25) is 15.0 Å². The van der Waals surface area contributed by atoms with Gasteiger partial charge >= 0.3 is 30.3 Å². The summed E-state index contributed by atoms with van der Waals surface area (Å²) in [6, 6.07) is 11.1. The standard InChI is InChI=1S/C27H32N6O5S3.2C2HF3O2/c1-15-11-17(32-27(30)31)13-19(33-22(34)9-4-3-5-10-23(35)36)24(15)16-7-6-8-18(12-16)41(37,38)21-14-20(25(28)29)40-26(21)39-2;2*3-2(4,5)1(6)7/h6-8,11-14H,3-5,9-10H2,1-2H3,(H3,28,29)(H,33,34)(H,35,36)(H4,30,31,32);2*(H,6,7). The van der Waals surface area contributed by atoms with Crippen molar-refractivity contribution < 1.29 is 69.3 Å². The Morgan fingerprint density at radius 2 is 1.44 bits per heavy atom. The highest BCUT2D eigenvalue weighted by Crippen LogP contribution is 2.40. The molecule has 3 aromatic rings. The molecule has 11 N–H and O–H groups in total. The molecule has 0 bridgehead atoms. The van der Waals surface area contributed by atoms with E-state index in [0.717, 1.165) is 11.3 Å². The number of unbranched alkanes of at least 4 members (excludes halogenated alkanes) is 2. The van der Waals surface area contributed by atoms with Gasteiger partial charge in [0.1, 0.15) is 5.84 Å². The van der Waals surface area contributed by atoms with E-state index in [-0.39, 0.29) is 40.3 Å². The number of amides is 1. The van der Waals surface area contributed by atoms with Crippen molar-refractivity contribution >= 4 is 79.9 Å². The minimum atomic E-state index is -5.08. The summed E-state index contributed by atoms with van der Waals surface area (Å²) in [6.45, 7) is 1.80. The van der Waals surface area contributed by atoms with E-state index < -0.39 is 40.1 Å². The number of amidine groups is 1. The highest BCUT2D eigenvalue weighted by molar-refractivity contribution is 8.01. The molecule has 0 spiro atoms. The maximum Gasteiger partial charge on any atom is 0.490 e. The molecule has 0 fully saturated rings. The molecule has 24 heteroatoms. The van der Waals surface area contributed by atoms with Gasteiger partial charge in [0.05, 0.1) is 30.3 Å². The van der Waals surface area contributed by atoms with E-state index in [9.17, 15) is 44.3 Å². The Kier molecular flexibility index (Phi) is 17.6. The average molecular weight is 845 g/mol. The summed E-state index contributed by atoms with van der Waals surface area (Å²) in [6.07, 6.45) is -6.61. The second kappa shape index (κ2) is 20.4. The number of carboxylic acid groups (broad SMARTS) is 3. The number of nitrogens with two attached hydrogens (primary N) is 3. The Labute approximate surface area is 317 Å². The van der Waals surface area contributed by atoms with Crippen molar-refractivity contribution in [3.05, 3.63) is 52.9 Å². The second-order valence-corrected chi connectivity index (χ2v) is 14.8. The number of guanidine groups is 1. The summed E-state index contributed by atoms with van der Waals surface area (Å²) < 4.78 is 91.4. The Balaban J connectivity index is 0.000000913. The van der Waals surface area contributed by atoms with Gasteiger partial charge in [-0.2, -0.15) is 26.3 Å². The predicted molar refractivity (Wildman–Crippen MR) is 191 cm³/mol. The number of rotatable bonds is 13. The Morgan fingerprint density at radius 1 is 0.891 bits per heavy atom. The van der Waals surface area contributed by atoms with Crippen LogP contribution in [-0.4, -0.2) is 78.0 Å². The predicted octanol–water partition coefficient (Wildman–Crippen LogP) is 5.71. The van der Waals surface area contributed by atoms with Gasteiger partial charge in [-0.1, -0.05) is 18.6 Å². The number of aliphatic imine (C=N–C) groups is 1. The fourth-order valence-electron chi connectivity index (χ4n) is 4.18. The zero-order chi connectivity index (χ0) is 42.5. The number of sulfone groups is 1. The second-order valence-electron chi connectivity index (χ2n) is 10.7. The normalized spacial score (nSPS) is 11.2. The molecule has 15 nitrogen and oxygen atoms in total. The number of thiophene rings is 1. The lowest BCUT2D eigenvalue weighted by Gasteiger charge is -2.16. The molecular weight excluding hydrogens is 811 g/mol. The van der Waals surface area contributed by atoms with Crippen LogP contribution in [0.15, 0.2) is 61.5 Å². The minimum absolute atomic E-state index is 0.0432. The van der Waals surface area contributed by atoms with Crippen molar-refractivity contribution in [3.63, 3.8) is 0 Å². The molecule has 55 heavy (non-hydrogen) atoms. The van der Waals surface area contributed by atoms with E-state index >= 15 is 0 Å². The summed E-state index contributed by atoms with van der Waals surface area (Å²) in [7, 11) is -3.97. The lowest BCUT2D eigenvalue weighted by atomic mass is 9.97. The number of hydrogen-bond acceptors (Lipinski definition) is 10. The zero-order valence-electron chi connectivity index (χ0n) is 28.5. The molecule has 0 saturated carbocycles. The van der Waals surface area contributed by atoms with Crippen LogP contribution in [0.2, 0.25) is 0 Å². The number of nitrogen functional groups attached to an aromatic ring is 1. The van der Waals surface area contributed by atoms with Gasteiger partial charge in [0, 0.05) is 18.4 Å². The molecule has 0 aliphatic carbocycles. The molecule has 0 unspecified atom stereocenters. The van der Waals surface area contributed by atoms with E-state index in [1.54, 1.807) is 37.4 Å². The number of carbonyl (C=O) groups is 4. The van der Waals surface area contributed by atoms with Crippen molar-refractivity contribution in [2.24, 2.45) is 22.2 Å². The smallest absolute Gasteiger partial charge is 0.481 e. The molecule has 0 radical (unpaired) electrons. The number of aryl methyl sites for hydroxylation is 1. The molecule has 0 atom stereocenters. The van der Waals surface area contributed by atoms with Crippen LogP contribution in [0.1, 0.15) is 42.5 Å². The van der Waals surface area contributed by atoms with Gasteiger partial charge in [-0.05, 0) is 67.5 Å². The molecule has 302 valence electrons. The van der Waals surface area contributed by atoms with Crippen LogP contribution in [0.25, 0.3) is 11.1 Å². The largest absolute Gasteiger partial charge is 0.490 e. The fraction of sp³-hybridized carbons (Fsp3) is 0.290. The van der Waals surface area contributed by atoms with E-state index in [1.807, 2.05) is 0 Å². The number of carbonyl (C=O) groups excluding carboxylic acids is 1. The first kappa shape index (κ1) is 47.7. The fourth-order valence-corrected chi connectivity index (χ4v) is 8.08. The molecule has 1 heterocycles. The van der Waals surface area contributed by atoms with Crippen LogP contribution < -0.4 is 22.5 Å². The quantitative estimate of drug-likeness (QED) is 0.0337. The maximum atomic E-state index is 13.7. The lowest BCUT2D eigenvalue weighted by Crippen LogP contribution is -2.22. The molecule has 1 amide bonds. The van der Waals surface area contributed by atoms with Gasteiger partial charge in [0.2, 0.25) is 15.7 Å². The molecule has 1 aromatic heterocycles. The highest BCUT2D eigenvalue weighted by Gasteiger charge is 2.39. The molecular formula is C31H34F6N6O9S3. The molecule has 3 rings (SSSR count). The van der Waals surface area contributed by atoms with Crippen molar-refractivity contribution in [2.45, 2.75) is 65.4 Å². The van der Waals surface area contributed by atoms with Gasteiger partial charge in [0.25, 0.3) is 0 Å². The number of carboxylic acids is 3. The Morgan fingerprint density at radius 3 is 1.91 bits per heavy atom. The number of anilines is 1. The van der Waals surface area contributed by atoms with Crippen molar-refractivity contribution in [1.29, 1.82) is 5.41 Å². The summed E-state index contributed by atoms with van der Waals surface area (Å²) in [5.74, 6) is -7.05. The first-order valence-electron chi connectivity index (χ1n) is 15.0. The van der Waals surface area contributed by atoms with Crippen molar-refractivity contribution in [3.8, 4) is 11.1 Å². The number of nitrogens with zero attached hydrogens (tertiary/aromatic N) is 1. The monoisotopic (exact) mass is 844 g/mol. The molecule has 0 aliphatic rings. The molecule has 0 aliphatic heterocycles. The van der Waals surface area contributed by atoms with Gasteiger partial charge in [-0.25, -0.2) is 23.0 Å². The Hall–Kier alpha value is -5.36. The third kappa shape index (κ3) is 15.5. The van der Waals surface area contributed by atoms with Crippen LogP contribution in [-0.2, 0) is 29.0 Å². The van der Waals surface area contributed by atoms with E-state index in [2.05, 4.69) is 10.3 Å². The van der Waals surface area contributed by atoms with E-state index in [0.29, 0.717) is 56.4 Å². The number of benzene rings is 2. The van der Waals surface area contributed by atoms with Crippen molar-refractivity contribution in [1.82, 2.24) is 0 Å². The highest BCUT2D eigenvalue weighted by atomic mass is 32.2. The topological polar surface area (TPSA) is 289 Å². The third-order valence-electron chi connectivity index (χ3n) is 6.47. The molecule has 2 aromatic carbocycles. The van der Waals surface area contributed by atoms with E-state index in [1.165, 1.54) is 30.0 Å². The summed E-state index contributed by atoms with van der Waals surface area (Å²) in [4.78, 5) is 45.9. The first-order valence-corrected chi connectivity index (χ1v) is 18.5. The van der Waals surface area contributed by atoms with E-state index in [4.69, 9.17) is 47.5 Å². The van der Waals surface area contributed by atoms with Crippen LogP contribution >= 0.6 is 23.1 Å². The first-order chi connectivity index (χ1) is 25.2. The third-order valence-corrected chi connectivity index (χ3v) is 10.8. The number of halogens is 6. The number of alkyl halides is 6. The SMILES string of the molecule is CSc1sc(C(=N)N)cc1S(=O)(=O)c1cccc(-c2c(C)cc(N=C(N)N)cc2NC(=O)CCCCCC(=O)O)c1.O=C(O)C(F)(F)F.O=C(O)C(F)(F)F. The maximum absolute atomic E-state index is 13.7. The van der Waals surface area contributed by atoms with Gasteiger partial charge in [0.15, 0.2) is 5.96 Å². The van der Waals surface area contributed by atoms with Crippen LogP contribution in [0, 0.1) is 12.3 Å². The van der Waals surface area contributed by atoms with Crippen molar-refractivity contribution in [2.75, 3.05) is 11.6 Å². The summed E-state index contributed by atoms with van der Waals surface area (Å²) >= 11 is 2.41. The number of aliphatic carboxylic acids is 3.